The van der Waals surface area contributed by atoms with Crippen molar-refractivity contribution in [2.75, 3.05) is 0 Å². The Kier molecular flexibility index (Phi) is 13.6. The highest BCUT2D eigenvalue weighted by Crippen LogP contribution is 2.24. The molecule has 0 unspecified atom stereocenters. The quantitative estimate of drug-likeness (QED) is 0.479. The summed E-state index contributed by atoms with van der Waals surface area (Å²) in [4.78, 5) is 0. The van der Waals surface area contributed by atoms with Crippen LogP contribution in [0, 0.1) is 41.5 Å². The average molecular weight is 301 g/mol. The SMILES string of the molecule is CC.CC.Cc1c(C)c(C)c(C)c(C)c1C.c1ccccc1. The van der Waals surface area contributed by atoms with Crippen molar-refractivity contribution in [3.63, 3.8) is 0 Å². The third-order valence-corrected chi connectivity index (χ3v) is 4.04. The minimum Gasteiger partial charge on any atom is -0.0683 e. The largest absolute Gasteiger partial charge is 0.0683 e. The fraction of sp³-hybridized carbons (Fsp3) is 0.455. The van der Waals surface area contributed by atoms with Gasteiger partial charge in [0.15, 0.2) is 0 Å². The van der Waals surface area contributed by atoms with E-state index in [0.29, 0.717) is 0 Å². The summed E-state index contributed by atoms with van der Waals surface area (Å²) in [6.45, 7) is 21.3. The first-order chi connectivity index (χ1) is 10.5. The van der Waals surface area contributed by atoms with E-state index in [4.69, 9.17) is 0 Å². The molecule has 0 nitrogen and oxygen atoms in total. The molecular weight excluding hydrogens is 264 g/mol. The van der Waals surface area contributed by atoms with Crippen LogP contribution in [-0.4, -0.2) is 0 Å². The van der Waals surface area contributed by atoms with E-state index in [0.717, 1.165) is 0 Å². The molecule has 0 aliphatic carbocycles. The third-order valence-electron chi connectivity index (χ3n) is 4.04. The van der Waals surface area contributed by atoms with Crippen molar-refractivity contribution in [1.29, 1.82) is 0 Å². The summed E-state index contributed by atoms with van der Waals surface area (Å²) in [6, 6.07) is 12.0. The van der Waals surface area contributed by atoms with Crippen LogP contribution in [-0.2, 0) is 0 Å². The Balaban J connectivity index is 0. The van der Waals surface area contributed by atoms with E-state index >= 15 is 0 Å². The van der Waals surface area contributed by atoms with Gasteiger partial charge in [0.2, 0.25) is 0 Å². The average Bonchev–Trinajstić information content (AvgIpc) is 2.62. The lowest BCUT2D eigenvalue weighted by atomic mass is 9.90. The number of rotatable bonds is 0. The molecule has 0 fully saturated rings. The molecule has 0 heteroatoms. The van der Waals surface area contributed by atoms with Gasteiger partial charge in [0.25, 0.3) is 0 Å². The standard InChI is InChI=1S/C12H18.C6H6.2C2H6/c1-7-8(2)10(4)12(6)11(5)9(7)3;1-2-4-6-5-3-1;2*1-2/h1-6H3;1-6H;2*1-2H3. The van der Waals surface area contributed by atoms with Crippen molar-refractivity contribution in [1.82, 2.24) is 0 Å². The maximum atomic E-state index is 2.21. The summed E-state index contributed by atoms with van der Waals surface area (Å²) in [5, 5.41) is 0. The molecule has 0 saturated carbocycles. The lowest BCUT2D eigenvalue weighted by molar-refractivity contribution is 1.13. The van der Waals surface area contributed by atoms with E-state index < -0.39 is 0 Å². The van der Waals surface area contributed by atoms with Gasteiger partial charge in [-0.1, -0.05) is 64.1 Å². The van der Waals surface area contributed by atoms with Gasteiger partial charge >= 0.3 is 0 Å². The second-order valence-corrected chi connectivity index (χ2v) is 4.90. The molecule has 124 valence electrons. The van der Waals surface area contributed by atoms with Gasteiger partial charge in [0.05, 0.1) is 0 Å². The first-order valence-corrected chi connectivity index (χ1v) is 8.50. The zero-order valence-electron chi connectivity index (χ0n) is 16.5. The molecule has 0 N–H and O–H groups in total. The van der Waals surface area contributed by atoms with Gasteiger partial charge in [-0.3, -0.25) is 0 Å². The molecule has 0 bridgehead atoms. The predicted octanol–water partition coefficient (Wildman–Crippen LogP) is 7.28. The van der Waals surface area contributed by atoms with E-state index in [-0.39, 0.29) is 0 Å². The summed E-state index contributed by atoms with van der Waals surface area (Å²) in [6.07, 6.45) is 0. The second kappa shape index (κ2) is 13.1. The Morgan fingerprint density at radius 2 is 0.409 bits per heavy atom. The minimum absolute atomic E-state index is 1.45. The van der Waals surface area contributed by atoms with E-state index in [2.05, 4.69) is 41.5 Å². The van der Waals surface area contributed by atoms with Crippen LogP contribution < -0.4 is 0 Å². The van der Waals surface area contributed by atoms with Gasteiger partial charge in [-0.05, 0) is 74.9 Å². The van der Waals surface area contributed by atoms with Crippen LogP contribution in [0.2, 0.25) is 0 Å². The Morgan fingerprint density at radius 3 is 0.500 bits per heavy atom. The molecule has 0 heterocycles. The van der Waals surface area contributed by atoms with Gasteiger partial charge in [0.1, 0.15) is 0 Å². The molecule has 0 saturated heterocycles. The fourth-order valence-electron chi connectivity index (χ4n) is 2.07. The van der Waals surface area contributed by atoms with Gasteiger partial charge in [-0.15, -0.1) is 0 Å². The second-order valence-electron chi connectivity index (χ2n) is 4.90. The van der Waals surface area contributed by atoms with Crippen molar-refractivity contribution in [3.8, 4) is 0 Å². The maximum absolute atomic E-state index is 2.21. The molecule has 0 spiro atoms. The van der Waals surface area contributed by atoms with Crippen LogP contribution in [0.25, 0.3) is 0 Å². The Morgan fingerprint density at radius 1 is 0.318 bits per heavy atom. The van der Waals surface area contributed by atoms with Crippen molar-refractivity contribution >= 4 is 0 Å². The summed E-state index contributed by atoms with van der Waals surface area (Å²) in [7, 11) is 0. The van der Waals surface area contributed by atoms with Crippen molar-refractivity contribution < 1.29 is 0 Å². The topological polar surface area (TPSA) is 0 Å². The van der Waals surface area contributed by atoms with E-state index in [1.54, 1.807) is 0 Å². The van der Waals surface area contributed by atoms with E-state index in [9.17, 15) is 0 Å². The molecule has 0 amide bonds. The normalized spacial score (nSPS) is 8.45. The molecule has 2 aromatic rings. The Hall–Kier alpha value is -1.56. The lowest BCUT2D eigenvalue weighted by Gasteiger charge is -2.15. The van der Waals surface area contributed by atoms with Gasteiger partial charge in [-0.25, -0.2) is 0 Å². The summed E-state index contributed by atoms with van der Waals surface area (Å²) < 4.78 is 0. The highest BCUT2D eigenvalue weighted by Gasteiger charge is 2.07. The lowest BCUT2D eigenvalue weighted by Crippen LogP contribution is -1.98. The van der Waals surface area contributed by atoms with Crippen molar-refractivity contribution in [2.45, 2.75) is 69.2 Å². The van der Waals surface area contributed by atoms with Crippen LogP contribution >= 0.6 is 0 Å². The van der Waals surface area contributed by atoms with Crippen LogP contribution in [0.3, 0.4) is 0 Å². The van der Waals surface area contributed by atoms with Crippen LogP contribution in [0.5, 0.6) is 0 Å². The van der Waals surface area contributed by atoms with Crippen molar-refractivity contribution in [3.05, 3.63) is 69.8 Å². The fourth-order valence-corrected chi connectivity index (χ4v) is 2.07. The van der Waals surface area contributed by atoms with Crippen LogP contribution in [0.4, 0.5) is 0 Å². The molecule has 0 aromatic heterocycles. The molecule has 0 radical (unpaired) electrons. The van der Waals surface area contributed by atoms with Crippen LogP contribution in [0.15, 0.2) is 36.4 Å². The Bertz CT molecular complexity index is 376. The molecule has 2 rings (SSSR count). The third kappa shape index (κ3) is 6.93. The molecule has 0 atom stereocenters. The zero-order valence-corrected chi connectivity index (χ0v) is 16.5. The predicted molar refractivity (Wildman–Crippen MR) is 104 cm³/mol. The molecular formula is C22H36. The molecule has 22 heavy (non-hydrogen) atoms. The highest BCUT2D eigenvalue weighted by atomic mass is 14.1. The van der Waals surface area contributed by atoms with Gasteiger partial charge < -0.3 is 0 Å². The maximum Gasteiger partial charge on any atom is -0.0392 e. The smallest absolute Gasteiger partial charge is 0.0392 e. The zero-order chi connectivity index (χ0) is 17.7. The first-order valence-electron chi connectivity index (χ1n) is 8.50. The molecule has 0 aliphatic rings. The van der Waals surface area contributed by atoms with Crippen molar-refractivity contribution in [2.24, 2.45) is 0 Å². The van der Waals surface area contributed by atoms with E-state index in [1.165, 1.54) is 33.4 Å². The number of benzene rings is 2. The monoisotopic (exact) mass is 300 g/mol. The Labute approximate surface area is 139 Å². The molecule has 2 aromatic carbocycles. The summed E-state index contributed by atoms with van der Waals surface area (Å²) >= 11 is 0. The minimum atomic E-state index is 1.45. The highest BCUT2D eigenvalue weighted by molar-refractivity contribution is 5.48. The van der Waals surface area contributed by atoms with Crippen LogP contribution in [0.1, 0.15) is 61.1 Å². The number of hydrogen-bond donors (Lipinski definition) is 0. The molecule has 0 aliphatic heterocycles. The summed E-state index contributed by atoms with van der Waals surface area (Å²) in [5.74, 6) is 0. The van der Waals surface area contributed by atoms with E-state index in [1.807, 2.05) is 64.1 Å². The summed E-state index contributed by atoms with van der Waals surface area (Å²) in [5.41, 5.74) is 8.73. The number of hydrogen-bond acceptors (Lipinski definition) is 0. The van der Waals surface area contributed by atoms with Gasteiger partial charge in [0, 0.05) is 0 Å². The first kappa shape index (κ1) is 22.7. The van der Waals surface area contributed by atoms with Gasteiger partial charge in [-0.2, -0.15) is 0 Å².